The summed E-state index contributed by atoms with van der Waals surface area (Å²) in [5.74, 6) is 2.21. The Kier molecular flexibility index (Phi) is 5.56. The molecule has 2 aliphatic carbocycles. The van der Waals surface area contributed by atoms with Crippen LogP contribution in [0.2, 0.25) is 0 Å². The number of carbonyl (C=O) groups excluding carboxylic acids is 1. The van der Waals surface area contributed by atoms with Gasteiger partial charge in [-0.1, -0.05) is 36.4 Å². The Labute approximate surface area is 212 Å². The van der Waals surface area contributed by atoms with Crippen molar-refractivity contribution in [2.75, 3.05) is 28.2 Å². The van der Waals surface area contributed by atoms with Crippen molar-refractivity contribution in [3.05, 3.63) is 89.5 Å². The van der Waals surface area contributed by atoms with Gasteiger partial charge in [0.2, 0.25) is 10.0 Å². The largest absolute Gasteiger partial charge is 0.378 e. The molecule has 0 radical (unpaired) electrons. The Morgan fingerprint density at radius 3 is 2.53 bits per heavy atom. The third-order valence-corrected chi connectivity index (χ3v) is 9.68. The minimum Gasteiger partial charge on any atom is -0.378 e. The van der Waals surface area contributed by atoms with Crippen molar-refractivity contribution >= 4 is 33.0 Å². The minimum absolute atomic E-state index is 0.193. The van der Waals surface area contributed by atoms with Crippen LogP contribution in [0.15, 0.2) is 72.8 Å². The fraction of sp³-hybridized carbons (Fsp3) is 0.345. The van der Waals surface area contributed by atoms with Crippen LogP contribution in [0.25, 0.3) is 0 Å². The van der Waals surface area contributed by atoms with Crippen LogP contribution >= 0.6 is 0 Å². The second-order valence-electron chi connectivity index (χ2n) is 10.5. The molecule has 0 spiro atoms. The maximum Gasteiger partial charge on any atom is 0.255 e. The van der Waals surface area contributed by atoms with Gasteiger partial charge in [-0.2, -0.15) is 0 Å². The lowest BCUT2D eigenvalue weighted by molar-refractivity contribution is 0.102. The van der Waals surface area contributed by atoms with Gasteiger partial charge in [-0.3, -0.25) is 9.10 Å². The zero-order chi connectivity index (χ0) is 25.0. The van der Waals surface area contributed by atoms with Gasteiger partial charge in [0.25, 0.3) is 5.91 Å². The first-order chi connectivity index (χ1) is 17.3. The van der Waals surface area contributed by atoms with Crippen LogP contribution in [0.5, 0.6) is 0 Å². The molecule has 2 bridgehead atoms. The van der Waals surface area contributed by atoms with Crippen LogP contribution in [0, 0.1) is 17.8 Å². The lowest BCUT2D eigenvalue weighted by atomic mass is 9.68. The third-order valence-electron chi connectivity index (χ3n) is 8.47. The number of nitrogens with one attached hydrogen (secondary N) is 2. The number of carbonyl (C=O) groups is 1. The summed E-state index contributed by atoms with van der Waals surface area (Å²) in [6, 6.07) is 24.0. The Morgan fingerprint density at radius 1 is 0.972 bits per heavy atom. The molecule has 2 fully saturated rings. The molecule has 3 aromatic rings. The first kappa shape index (κ1) is 23.1. The summed E-state index contributed by atoms with van der Waals surface area (Å²) in [5, 5.41) is 6.78. The average Bonchev–Trinajstić information content (AvgIpc) is 3.50. The van der Waals surface area contributed by atoms with Gasteiger partial charge in [0.1, 0.15) is 0 Å². The van der Waals surface area contributed by atoms with E-state index < -0.39 is 10.0 Å². The summed E-state index contributed by atoms with van der Waals surface area (Å²) in [4.78, 5) is 13.3. The van der Waals surface area contributed by atoms with Crippen molar-refractivity contribution in [3.63, 3.8) is 0 Å². The van der Waals surface area contributed by atoms with E-state index in [9.17, 15) is 13.2 Å². The number of benzene rings is 3. The predicted octanol–water partition coefficient (Wildman–Crippen LogP) is 5.63. The molecule has 6 rings (SSSR count). The number of sulfonamides is 1. The molecule has 3 aliphatic rings. The van der Waals surface area contributed by atoms with Gasteiger partial charge < -0.3 is 10.6 Å². The van der Waals surface area contributed by atoms with Crippen molar-refractivity contribution in [1.29, 1.82) is 0 Å². The topological polar surface area (TPSA) is 78.5 Å². The van der Waals surface area contributed by atoms with Crippen molar-refractivity contribution < 1.29 is 13.2 Å². The van der Waals surface area contributed by atoms with Gasteiger partial charge in [-0.05, 0) is 90.5 Å². The second kappa shape index (κ2) is 8.66. The molecule has 3 aromatic carbocycles. The number of nitrogens with zero attached hydrogens (tertiary/aromatic N) is 1. The Bertz CT molecular complexity index is 1420. The summed E-state index contributed by atoms with van der Waals surface area (Å²) < 4.78 is 25.0. The fourth-order valence-corrected chi connectivity index (χ4v) is 7.29. The van der Waals surface area contributed by atoms with E-state index in [1.54, 1.807) is 24.3 Å². The first-order valence-corrected chi connectivity index (χ1v) is 14.4. The number of fused-ring (bicyclic) bond motifs is 7. The maximum absolute atomic E-state index is 13.3. The molecule has 2 saturated carbocycles. The lowest BCUT2D eigenvalue weighted by Gasteiger charge is -2.43. The van der Waals surface area contributed by atoms with E-state index in [0.717, 1.165) is 17.9 Å². The minimum atomic E-state index is -3.39. The number of amides is 1. The molecular formula is C29H31N3O3S. The molecule has 1 heterocycles. The van der Waals surface area contributed by atoms with Crippen LogP contribution < -0.4 is 14.9 Å². The zero-order valence-corrected chi connectivity index (χ0v) is 21.3. The first-order valence-electron chi connectivity index (χ1n) is 12.6. The van der Waals surface area contributed by atoms with Crippen molar-refractivity contribution in [2.24, 2.45) is 17.8 Å². The van der Waals surface area contributed by atoms with Crippen LogP contribution in [0.4, 0.5) is 17.1 Å². The van der Waals surface area contributed by atoms with E-state index in [2.05, 4.69) is 53.1 Å². The highest BCUT2D eigenvalue weighted by Gasteiger charge is 2.53. The molecule has 1 aliphatic heterocycles. The highest BCUT2D eigenvalue weighted by molar-refractivity contribution is 7.92. The molecule has 6 nitrogen and oxygen atoms in total. The summed E-state index contributed by atoms with van der Waals surface area (Å²) in [7, 11) is -1.89. The number of rotatable bonds is 5. The Balaban J connectivity index is 1.29. The van der Waals surface area contributed by atoms with Crippen molar-refractivity contribution in [3.8, 4) is 0 Å². The zero-order valence-electron chi connectivity index (χ0n) is 20.5. The van der Waals surface area contributed by atoms with Gasteiger partial charge in [-0.15, -0.1) is 0 Å². The summed E-state index contributed by atoms with van der Waals surface area (Å²) in [6.07, 6.45) is 5.00. The SMILES string of the molecule is CN(c1cccc(NC(=O)c2ccc3c(c2)[C@@H]2[C@H]4CC[C@@H](C4)[C@H]2[C@@H](c2ccccc2)N3)c1)S(C)(=O)=O. The molecule has 5 atom stereocenters. The lowest BCUT2D eigenvalue weighted by Crippen LogP contribution is -2.35. The second-order valence-corrected chi connectivity index (χ2v) is 12.5. The van der Waals surface area contributed by atoms with E-state index in [1.165, 1.54) is 41.7 Å². The van der Waals surface area contributed by atoms with Crippen molar-refractivity contribution in [1.82, 2.24) is 0 Å². The fourth-order valence-electron chi connectivity index (χ4n) is 6.79. The number of hydrogen-bond acceptors (Lipinski definition) is 4. The third kappa shape index (κ3) is 3.95. The number of anilines is 3. The molecule has 0 aromatic heterocycles. The van der Waals surface area contributed by atoms with Crippen LogP contribution in [-0.4, -0.2) is 27.6 Å². The molecular weight excluding hydrogens is 470 g/mol. The number of hydrogen-bond donors (Lipinski definition) is 2. The predicted molar refractivity (Wildman–Crippen MR) is 144 cm³/mol. The van der Waals surface area contributed by atoms with Gasteiger partial charge >= 0.3 is 0 Å². The molecule has 186 valence electrons. The highest BCUT2D eigenvalue weighted by Crippen LogP contribution is 2.63. The molecule has 36 heavy (non-hydrogen) atoms. The molecule has 2 N–H and O–H groups in total. The Hall–Kier alpha value is -3.32. The van der Waals surface area contributed by atoms with Gasteiger partial charge in [0.15, 0.2) is 0 Å². The molecule has 1 amide bonds. The van der Waals surface area contributed by atoms with E-state index in [0.29, 0.717) is 40.7 Å². The summed E-state index contributed by atoms with van der Waals surface area (Å²) in [6.45, 7) is 0. The van der Waals surface area contributed by atoms with E-state index >= 15 is 0 Å². The molecule has 0 saturated heterocycles. The van der Waals surface area contributed by atoms with E-state index in [1.807, 2.05) is 6.07 Å². The standard InChI is InChI=1S/C29H31N3O3S/c1-32(36(2,34)35)23-10-6-9-22(17-23)30-29(33)21-13-14-25-24(16-21)26-19-11-12-20(15-19)27(26)28(31-25)18-7-4-3-5-8-18/h3-10,13-14,16-17,19-20,26-28,31H,11-12,15H2,1-2H3,(H,30,33)/t19-,20-,26-,27+,28+/m0/s1. The van der Waals surface area contributed by atoms with Crippen LogP contribution in [-0.2, 0) is 10.0 Å². The molecule has 7 heteroatoms. The Morgan fingerprint density at radius 2 is 1.75 bits per heavy atom. The van der Waals surface area contributed by atoms with E-state index in [4.69, 9.17) is 0 Å². The maximum atomic E-state index is 13.3. The smallest absolute Gasteiger partial charge is 0.255 e. The monoisotopic (exact) mass is 501 g/mol. The van der Waals surface area contributed by atoms with Gasteiger partial charge in [-0.25, -0.2) is 8.42 Å². The normalized spacial score (nSPS) is 26.0. The van der Waals surface area contributed by atoms with Crippen LogP contribution in [0.3, 0.4) is 0 Å². The van der Waals surface area contributed by atoms with Gasteiger partial charge in [0, 0.05) is 24.0 Å². The quantitative estimate of drug-likeness (QED) is 0.475. The van der Waals surface area contributed by atoms with Gasteiger partial charge in [0.05, 0.1) is 18.0 Å². The van der Waals surface area contributed by atoms with Crippen LogP contribution in [0.1, 0.15) is 52.7 Å². The molecule has 0 unspecified atom stereocenters. The average molecular weight is 502 g/mol. The summed E-state index contributed by atoms with van der Waals surface area (Å²) >= 11 is 0. The van der Waals surface area contributed by atoms with Crippen molar-refractivity contribution in [2.45, 2.75) is 31.2 Å². The highest BCUT2D eigenvalue weighted by atomic mass is 32.2. The van der Waals surface area contributed by atoms with E-state index in [-0.39, 0.29) is 5.91 Å². The summed E-state index contributed by atoms with van der Waals surface area (Å²) in [5.41, 5.74) is 5.42.